The van der Waals surface area contributed by atoms with E-state index < -0.39 is 6.10 Å². The van der Waals surface area contributed by atoms with Crippen LogP contribution in [0.3, 0.4) is 0 Å². The molecule has 5 nitrogen and oxygen atoms in total. The Kier molecular flexibility index (Phi) is 4.84. The number of anilines is 1. The summed E-state index contributed by atoms with van der Waals surface area (Å²) in [7, 11) is 1.57. The zero-order valence-corrected chi connectivity index (χ0v) is 11.5. The maximum absolute atomic E-state index is 12.8. The van der Waals surface area contributed by atoms with Gasteiger partial charge in [-0.3, -0.25) is 4.98 Å². The topological polar surface area (TPSA) is 65.5 Å². The summed E-state index contributed by atoms with van der Waals surface area (Å²) in [6, 6.07) is 8.60. The van der Waals surface area contributed by atoms with E-state index in [1.54, 1.807) is 25.4 Å². The van der Waals surface area contributed by atoms with Gasteiger partial charge in [-0.2, -0.15) is 0 Å². The Morgan fingerprint density at radius 2 is 2.10 bits per heavy atom. The highest BCUT2D eigenvalue weighted by atomic mass is 19.1. The number of aromatic nitrogens is 1. The van der Waals surface area contributed by atoms with Gasteiger partial charge in [-0.15, -0.1) is 0 Å². The number of hydrogen-bond acceptors (Lipinski definition) is 3. The van der Waals surface area contributed by atoms with Crippen LogP contribution in [-0.2, 0) is 0 Å². The van der Waals surface area contributed by atoms with E-state index in [-0.39, 0.29) is 18.4 Å². The highest BCUT2D eigenvalue weighted by Crippen LogP contribution is 2.15. The lowest BCUT2D eigenvalue weighted by atomic mass is 10.1. The molecule has 21 heavy (non-hydrogen) atoms. The first kappa shape index (κ1) is 14.9. The summed E-state index contributed by atoms with van der Waals surface area (Å²) in [6.07, 6.45) is 2.26. The number of carbonyl (C=O) groups excluding carboxylic acids is 1. The largest absolute Gasteiger partial charge is 0.387 e. The van der Waals surface area contributed by atoms with Crippen molar-refractivity contribution in [3.8, 4) is 0 Å². The fraction of sp³-hybridized carbons (Fsp3) is 0.200. The second kappa shape index (κ2) is 6.81. The minimum absolute atomic E-state index is 0.0950. The molecule has 1 heterocycles. The number of hydrogen-bond donors (Lipinski definition) is 2. The Bertz CT molecular complexity index is 590. The molecule has 1 aromatic carbocycles. The minimum Gasteiger partial charge on any atom is -0.387 e. The van der Waals surface area contributed by atoms with Gasteiger partial charge in [-0.25, -0.2) is 9.18 Å². The third-order valence-electron chi connectivity index (χ3n) is 2.96. The lowest BCUT2D eigenvalue weighted by molar-refractivity contribution is 0.136. The highest BCUT2D eigenvalue weighted by Gasteiger charge is 2.15. The summed E-state index contributed by atoms with van der Waals surface area (Å²) >= 11 is 0. The number of nitrogens with one attached hydrogen (secondary N) is 1. The first-order chi connectivity index (χ1) is 10.1. The van der Waals surface area contributed by atoms with Crippen molar-refractivity contribution in [2.45, 2.75) is 6.10 Å². The molecule has 2 rings (SSSR count). The van der Waals surface area contributed by atoms with Gasteiger partial charge < -0.3 is 15.3 Å². The monoisotopic (exact) mass is 289 g/mol. The molecular formula is C15H16FN3O2. The predicted octanol–water partition coefficient (Wildman–Crippen LogP) is 2.42. The SMILES string of the molecule is CN(CC(O)c1ccc(F)cc1)C(=O)Nc1cccnc1. The van der Waals surface area contributed by atoms with E-state index in [2.05, 4.69) is 10.3 Å². The summed E-state index contributed by atoms with van der Waals surface area (Å²) in [4.78, 5) is 17.2. The van der Waals surface area contributed by atoms with E-state index in [9.17, 15) is 14.3 Å². The van der Waals surface area contributed by atoms with E-state index in [1.807, 2.05) is 0 Å². The molecule has 110 valence electrons. The molecule has 1 unspecified atom stereocenters. The quantitative estimate of drug-likeness (QED) is 0.908. The number of amides is 2. The zero-order chi connectivity index (χ0) is 15.2. The molecule has 0 aliphatic heterocycles. The van der Waals surface area contributed by atoms with Crippen LogP contribution in [0, 0.1) is 5.82 Å². The number of halogens is 1. The van der Waals surface area contributed by atoms with Crippen LogP contribution in [0.4, 0.5) is 14.9 Å². The summed E-state index contributed by atoms with van der Waals surface area (Å²) in [5, 5.41) is 12.7. The third kappa shape index (κ3) is 4.25. The van der Waals surface area contributed by atoms with Gasteiger partial charge in [0.2, 0.25) is 0 Å². The lowest BCUT2D eigenvalue weighted by Crippen LogP contribution is -2.34. The van der Waals surface area contributed by atoms with E-state index in [0.29, 0.717) is 11.3 Å². The molecule has 0 aliphatic carbocycles. The van der Waals surface area contributed by atoms with Crippen molar-refractivity contribution in [1.82, 2.24) is 9.88 Å². The van der Waals surface area contributed by atoms with Gasteiger partial charge in [0, 0.05) is 13.2 Å². The van der Waals surface area contributed by atoms with Crippen molar-refractivity contribution in [2.24, 2.45) is 0 Å². The number of aliphatic hydroxyl groups is 1. The van der Waals surface area contributed by atoms with Crippen LogP contribution in [-0.4, -0.2) is 34.6 Å². The van der Waals surface area contributed by atoms with Gasteiger partial charge in [0.1, 0.15) is 5.82 Å². The van der Waals surface area contributed by atoms with Crippen LogP contribution in [0.15, 0.2) is 48.8 Å². The summed E-state index contributed by atoms with van der Waals surface area (Å²) in [5.74, 6) is -0.367. The molecule has 0 saturated carbocycles. The van der Waals surface area contributed by atoms with E-state index in [0.717, 1.165) is 0 Å². The molecule has 0 fully saturated rings. The second-order valence-electron chi connectivity index (χ2n) is 4.62. The van der Waals surface area contributed by atoms with Crippen molar-refractivity contribution >= 4 is 11.7 Å². The Balaban J connectivity index is 1.92. The van der Waals surface area contributed by atoms with Crippen LogP contribution in [0.25, 0.3) is 0 Å². The number of nitrogens with zero attached hydrogens (tertiary/aromatic N) is 2. The van der Waals surface area contributed by atoms with Gasteiger partial charge in [0.05, 0.1) is 24.5 Å². The van der Waals surface area contributed by atoms with Crippen LogP contribution < -0.4 is 5.32 Å². The third-order valence-corrected chi connectivity index (χ3v) is 2.96. The molecule has 1 atom stereocenters. The molecule has 2 aromatic rings. The Labute approximate surface area is 122 Å². The number of pyridine rings is 1. The first-order valence-corrected chi connectivity index (χ1v) is 6.42. The van der Waals surface area contributed by atoms with E-state index in [1.165, 1.54) is 35.4 Å². The van der Waals surface area contributed by atoms with Crippen molar-refractivity contribution < 1.29 is 14.3 Å². The molecule has 2 amide bonds. The average molecular weight is 289 g/mol. The standard InChI is InChI=1S/C15H16FN3O2/c1-19(15(21)18-13-3-2-8-17-9-13)10-14(20)11-4-6-12(16)7-5-11/h2-9,14,20H,10H2,1H3,(H,18,21). The number of likely N-dealkylation sites (N-methyl/N-ethyl adjacent to an activating group) is 1. The van der Waals surface area contributed by atoms with Crippen LogP contribution in [0.2, 0.25) is 0 Å². The van der Waals surface area contributed by atoms with E-state index in [4.69, 9.17) is 0 Å². The Morgan fingerprint density at radius 1 is 1.38 bits per heavy atom. The average Bonchev–Trinajstić information content (AvgIpc) is 2.48. The molecule has 0 saturated heterocycles. The van der Waals surface area contributed by atoms with Crippen molar-refractivity contribution in [2.75, 3.05) is 18.9 Å². The number of benzene rings is 1. The number of rotatable bonds is 4. The van der Waals surface area contributed by atoms with Crippen molar-refractivity contribution in [1.29, 1.82) is 0 Å². The van der Waals surface area contributed by atoms with E-state index >= 15 is 0 Å². The van der Waals surface area contributed by atoms with Gasteiger partial charge in [-0.05, 0) is 29.8 Å². The van der Waals surface area contributed by atoms with Gasteiger partial charge in [0.25, 0.3) is 0 Å². The lowest BCUT2D eigenvalue weighted by Gasteiger charge is -2.21. The first-order valence-electron chi connectivity index (χ1n) is 6.42. The summed E-state index contributed by atoms with van der Waals surface area (Å²) in [5.41, 5.74) is 1.13. The van der Waals surface area contributed by atoms with Crippen molar-refractivity contribution in [3.63, 3.8) is 0 Å². The van der Waals surface area contributed by atoms with Gasteiger partial charge in [0.15, 0.2) is 0 Å². The molecule has 2 N–H and O–H groups in total. The van der Waals surface area contributed by atoms with Crippen LogP contribution in [0.1, 0.15) is 11.7 Å². The highest BCUT2D eigenvalue weighted by molar-refractivity contribution is 5.88. The molecule has 0 aliphatic rings. The molecule has 0 radical (unpaired) electrons. The molecule has 0 bridgehead atoms. The summed E-state index contributed by atoms with van der Waals surface area (Å²) in [6.45, 7) is 0.0950. The maximum Gasteiger partial charge on any atom is 0.321 e. The number of urea groups is 1. The second-order valence-corrected chi connectivity index (χ2v) is 4.62. The maximum atomic E-state index is 12.8. The zero-order valence-electron chi connectivity index (χ0n) is 11.5. The fourth-order valence-electron chi connectivity index (χ4n) is 1.79. The minimum atomic E-state index is -0.879. The van der Waals surface area contributed by atoms with Crippen molar-refractivity contribution in [3.05, 3.63) is 60.2 Å². The normalized spacial score (nSPS) is 11.8. The summed E-state index contributed by atoms with van der Waals surface area (Å²) < 4.78 is 12.8. The number of aliphatic hydroxyl groups excluding tert-OH is 1. The van der Waals surface area contributed by atoms with Crippen LogP contribution >= 0.6 is 0 Å². The van der Waals surface area contributed by atoms with Gasteiger partial charge in [-0.1, -0.05) is 12.1 Å². The molecule has 1 aromatic heterocycles. The Morgan fingerprint density at radius 3 is 2.71 bits per heavy atom. The smallest absolute Gasteiger partial charge is 0.321 e. The van der Waals surface area contributed by atoms with Crippen LogP contribution in [0.5, 0.6) is 0 Å². The molecule has 6 heteroatoms. The number of carbonyl (C=O) groups is 1. The Hall–Kier alpha value is -2.47. The predicted molar refractivity (Wildman–Crippen MR) is 77.2 cm³/mol. The van der Waals surface area contributed by atoms with Gasteiger partial charge >= 0.3 is 6.03 Å². The molecule has 0 spiro atoms. The molecular weight excluding hydrogens is 273 g/mol. The fourth-order valence-corrected chi connectivity index (χ4v) is 1.79.